The lowest BCUT2D eigenvalue weighted by molar-refractivity contribution is -0.149. The topological polar surface area (TPSA) is 86.5 Å². The normalized spacial score (nSPS) is 12.1. The van der Waals surface area contributed by atoms with Crippen LogP contribution in [-0.4, -0.2) is 39.3 Å². The summed E-state index contributed by atoms with van der Waals surface area (Å²) in [6.45, 7) is 4.47. The maximum absolute atomic E-state index is 12.1. The summed E-state index contributed by atoms with van der Waals surface area (Å²) in [5, 5.41) is 19.6. The van der Waals surface area contributed by atoms with Crippen LogP contribution in [0.2, 0.25) is 5.02 Å². The summed E-state index contributed by atoms with van der Waals surface area (Å²) in [4.78, 5) is 13.4. The molecule has 7 nitrogen and oxygen atoms in total. The zero-order chi connectivity index (χ0) is 21.5. The molecule has 0 fully saturated rings. The van der Waals surface area contributed by atoms with E-state index in [4.69, 9.17) is 21.1 Å². The van der Waals surface area contributed by atoms with Gasteiger partial charge in [0.05, 0.1) is 5.92 Å². The number of aromatic nitrogens is 3. The molecule has 3 aromatic rings. The number of nitrogens with zero attached hydrogens (tertiary/aromatic N) is 3. The van der Waals surface area contributed by atoms with E-state index in [1.165, 1.54) is 10.9 Å². The largest absolute Gasteiger partial charge is 0.505 e. The Morgan fingerprint density at radius 1 is 1.13 bits per heavy atom. The first-order chi connectivity index (χ1) is 14.5. The molecule has 1 N–H and O–H groups in total. The zero-order valence-corrected chi connectivity index (χ0v) is 17.9. The molecule has 0 aliphatic carbocycles. The van der Waals surface area contributed by atoms with Crippen molar-refractivity contribution in [3.05, 3.63) is 41.4 Å². The molecule has 1 heterocycles. The van der Waals surface area contributed by atoms with E-state index in [0.717, 1.165) is 25.7 Å². The van der Waals surface area contributed by atoms with Gasteiger partial charge in [-0.25, -0.2) is 0 Å². The number of unbranched alkanes of at least 4 members (excludes halogenated alkanes) is 1. The van der Waals surface area contributed by atoms with E-state index in [1.54, 1.807) is 30.3 Å². The molecule has 0 saturated carbocycles. The molecule has 0 amide bonds. The highest BCUT2D eigenvalue weighted by Crippen LogP contribution is 2.27. The molecule has 0 radical (unpaired) electrons. The molecule has 3 rings (SSSR count). The van der Waals surface area contributed by atoms with Crippen LogP contribution >= 0.6 is 11.6 Å². The molecule has 0 aliphatic heterocycles. The number of halogens is 1. The Morgan fingerprint density at radius 3 is 2.67 bits per heavy atom. The SMILES string of the molecule is CCCCC(CC)C(=O)OCCOc1ccc(-n2nc3ccc(Cl)cc3n2)c(O)c1. The molecule has 0 aliphatic rings. The number of phenols is 1. The van der Waals surface area contributed by atoms with Gasteiger partial charge in [0.1, 0.15) is 41.4 Å². The van der Waals surface area contributed by atoms with Crippen LogP contribution in [0, 0.1) is 5.92 Å². The zero-order valence-electron chi connectivity index (χ0n) is 17.2. The second-order valence-corrected chi connectivity index (χ2v) is 7.47. The second-order valence-electron chi connectivity index (χ2n) is 7.04. The standard InChI is InChI=1S/C22H26ClN3O4/c1-3-5-6-15(4-2)22(28)30-12-11-29-17-8-10-20(21(27)14-17)26-24-18-9-7-16(23)13-19(18)25-26/h7-10,13-15,27H,3-6,11-12H2,1-2H3. The summed E-state index contributed by atoms with van der Waals surface area (Å²) >= 11 is 5.98. The van der Waals surface area contributed by atoms with Crippen LogP contribution in [0.1, 0.15) is 39.5 Å². The Kier molecular flexibility index (Phi) is 7.52. The lowest BCUT2D eigenvalue weighted by Gasteiger charge is -2.14. The molecule has 8 heteroatoms. The molecule has 2 aromatic carbocycles. The van der Waals surface area contributed by atoms with Crippen molar-refractivity contribution < 1.29 is 19.4 Å². The van der Waals surface area contributed by atoms with Crippen molar-refractivity contribution in [1.82, 2.24) is 15.0 Å². The van der Waals surface area contributed by atoms with Crippen molar-refractivity contribution in [2.75, 3.05) is 13.2 Å². The first-order valence-corrected chi connectivity index (χ1v) is 10.5. The van der Waals surface area contributed by atoms with Crippen molar-refractivity contribution in [2.24, 2.45) is 5.92 Å². The molecule has 1 atom stereocenters. The Bertz CT molecular complexity index is 1010. The third kappa shape index (κ3) is 5.42. The van der Waals surface area contributed by atoms with Crippen LogP contribution in [0.25, 0.3) is 16.7 Å². The van der Waals surface area contributed by atoms with Crippen LogP contribution < -0.4 is 4.74 Å². The summed E-state index contributed by atoms with van der Waals surface area (Å²) in [5.74, 6) is 0.205. The van der Waals surface area contributed by atoms with E-state index in [0.29, 0.717) is 27.5 Å². The van der Waals surface area contributed by atoms with Gasteiger partial charge in [-0.1, -0.05) is 38.3 Å². The highest BCUT2D eigenvalue weighted by atomic mass is 35.5. The van der Waals surface area contributed by atoms with Gasteiger partial charge in [0.15, 0.2) is 0 Å². The lowest BCUT2D eigenvalue weighted by atomic mass is 10.00. The number of fused-ring (bicyclic) bond motifs is 1. The number of rotatable bonds is 10. The van der Waals surface area contributed by atoms with Gasteiger partial charge < -0.3 is 14.6 Å². The van der Waals surface area contributed by atoms with Gasteiger partial charge in [-0.3, -0.25) is 4.79 Å². The van der Waals surface area contributed by atoms with Crippen LogP contribution in [-0.2, 0) is 9.53 Å². The Labute approximate surface area is 180 Å². The average Bonchev–Trinajstić information content (AvgIpc) is 3.14. The van der Waals surface area contributed by atoms with Crippen LogP contribution in [0.4, 0.5) is 0 Å². The molecule has 0 saturated heterocycles. The number of ether oxygens (including phenoxy) is 2. The van der Waals surface area contributed by atoms with Gasteiger partial charge in [0.2, 0.25) is 0 Å². The van der Waals surface area contributed by atoms with Gasteiger partial charge in [-0.05, 0) is 43.2 Å². The molecule has 0 spiro atoms. The van der Waals surface area contributed by atoms with E-state index in [1.807, 2.05) is 6.92 Å². The molecule has 1 unspecified atom stereocenters. The maximum atomic E-state index is 12.1. The fraction of sp³-hybridized carbons (Fsp3) is 0.409. The highest BCUT2D eigenvalue weighted by molar-refractivity contribution is 6.31. The average molecular weight is 432 g/mol. The van der Waals surface area contributed by atoms with Crippen molar-refractivity contribution in [2.45, 2.75) is 39.5 Å². The Balaban J connectivity index is 1.55. The number of hydrogen-bond acceptors (Lipinski definition) is 6. The Morgan fingerprint density at radius 2 is 1.93 bits per heavy atom. The quantitative estimate of drug-likeness (QED) is 0.362. The number of carbonyl (C=O) groups is 1. The fourth-order valence-corrected chi connectivity index (χ4v) is 3.28. The van der Waals surface area contributed by atoms with Crippen molar-refractivity contribution in [3.63, 3.8) is 0 Å². The van der Waals surface area contributed by atoms with E-state index in [2.05, 4.69) is 17.1 Å². The predicted octanol–water partition coefficient (Wildman–Crippen LogP) is 4.92. The van der Waals surface area contributed by atoms with Crippen molar-refractivity contribution >= 4 is 28.6 Å². The number of carbonyl (C=O) groups excluding carboxylic acids is 1. The minimum absolute atomic E-state index is 0.0264. The van der Waals surface area contributed by atoms with Crippen molar-refractivity contribution in [1.29, 1.82) is 0 Å². The molecule has 160 valence electrons. The first kappa shape index (κ1) is 21.9. The minimum Gasteiger partial charge on any atom is -0.505 e. The van der Waals surface area contributed by atoms with E-state index >= 15 is 0 Å². The highest BCUT2D eigenvalue weighted by Gasteiger charge is 2.17. The van der Waals surface area contributed by atoms with Gasteiger partial charge >= 0.3 is 5.97 Å². The summed E-state index contributed by atoms with van der Waals surface area (Å²) in [5.41, 5.74) is 1.72. The third-order valence-electron chi connectivity index (χ3n) is 4.83. The fourth-order valence-electron chi connectivity index (χ4n) is 3.12. The molecule has 0 bridgehead atoms. The predicted molar refractivity (Wildman–Crippen MR) is 115 cm³/mol. The Hall–Kier alpha value is -2.80. The molecule has 30 heavy (non-hydrogen) atoms. The van der Waals surface area contributed by atoms with Gasteiger partial charge in [-0.2, -0.15) is 0 Å². The van der Waals surface area contributed by atoms with Crippen LogP contribution in [0.15, 0.2) is 36.4 Å². The maximum Gasteiger partial charge on any atom is 0.309 e. The first-order valence-electron chi connectivity index (χ1n) is 10.2. The van der Waals surface area contributed by atoms with E-state index in [9.17, 15) is 9.90 Å². The van der Waals surface area contributed by atoms with Crippen LogP contribution in [0.3, 0.4) is 0 Å². The summed E-state index contributed by atoms with van der Waals surface area (Å²) < 4.78 is 10.9. The molecule has 1 aromatic heterocycles. The smallest absolute Gasteiger partial charge is 0.309 e. The van der Waals surface area contributed by atoms with Gasteiger partial charge in [0.25, 0.3) is 0 Å². The third-order valence-corrected chi connectivity index (χ3v) is 5.07. The van der Waals surface area contributed by atoms with E-state index in [-0.39, 0.29) is 30.9 Å². The molecular weight excluding hydrogens is 406 g/mol. The van der Waals surface area contributed by atoms with Gasteiger partial charge in [-0.15, -0.1) is 15.0 Å². The number of benzene rings is 2. The number of hydrogen-bond donors (Lipinski definition) is 1. The van der Waals surface area contributed by atoms with Gasteiger partial charge in [0, 0.05) is 11.1 Å². The van der Waals surface area contributed by atoms with E-state index < -0.39 is 0 Å². The number of esters is 1. The second kappa shape index (κ2) is 10.3. The molecular formula is C22H26ClN3O4. The summed E-state index contributed by atoms with van der Waals surface area (Å²) in [6.07, 6.45) is 3.70. The summed E-state index contributed by atoms with van der Waals surface area (Å²) in [7, 11) is 0. The summed E-state index contributed by atoms with van der Waals surface area (Å²) in [6, 6.07) is 10.1. The van der Waals surface area contributed by atoms with Crippen LogP contribution in [0.5, 0.6) is 11.5 Å². The number of aromatic hydroxyl groups is 1. The monoisotopic (exact) mass is 431 g/mol. The minimum atomic E-state index is -0.176. The number of phenolic OH excluding ortho intramolecular Hbond substituents is 1. The van der Waals surface area contributed by atoms with Crippen molar-refractivity contribution in [3.8, 4) is 17.2 Å². The lowest BCUT2D eigenvalue weighted by Crippen LogP contribution is -2.20.